The van der Waals surface area contributed by atoms with Crippen LogP contribution in [-0.2, 0) is 14.3 Å². The van der Waals surface area contributed by atoms with E-state index in [1.165, 1.54) is 0 Å². The number of para-hydroxylation sites is 1. The van der Waals surface area contributed by atoms with Crippen molar-refractivity contribution in [3.8, 4) is 5.75 Å². The molecule has 0 aliphatic heterocycles. The average molecular weight is 390 g/mol. The molecule has 0 spiro atoms. The molecule has 0 bridgehead atoms. The van der Waals surface area contributed by atoms with Gasteiger partial charge in [0.15, 0.2) is 13.2 Å². The molecule has 1 N–H and O–H groups in total. The summed E-state index contributed by atoms with van der Waals surface area (Å²) in [6, 6.07) is 11.1. The quantitative estimate of drug-likeness (QED) is 0.700. The Kier molecular flexibility index (Phi) is 7.25. The van der Waals surface area contributed by atoms with Gasteiger partial charge >= 0.3 is 5.97 Å². The van der Waals surface area contributed by atoms with Crippen molar-refractivity contribution < 1.29 is 19.1 Å². The van der Waals surface area contributed by atoms with E-state index in [0.717, 1.165) is 22.4 Å². The first-order chi connectivity index (χ1) is 12.8. The Morgan fingerprint density at radius 2 is 1.85 bits per heavy atom. The minimum atomic E-state index is -0.642. The van der Waals surface area contributed by atoms with Crippen LogP contribution in [0.25, 0.3) is 0 Å². The van der Waals surface area contributed by atoms with Gasteiger partial charge in [-0.15, -0.1) is 0 Å². The Morgan fingerprint density at radius 3 is 2.56 bits per heavy atom. The molecule has 5 nitrogen and oxygen atoms in total. The number of amides is 1. The molecule has 27 heavy (non-hydrogen) atoms. The summed E-state index contributed by atoms with van der Waals surface area (Å²) >= 11 is 6.01. The van der Waals surface area contributed by atoms with E-state index in [1.807, 2.05) is 38.1 Å². The molecule has 0 aliphatic carbocycles. The second-order valence-corrected chi connectivity index (χ2v) is 7.03. The SMILES string of the molecule is Cc1ccc(Cl)c(OCC(=O)OCC(=O)Nc2c(C)cccc2C(C)C)c1. The molecular formula is C21H24ClNO4. The molecule has 0 aromatic heterocycles. The van der Waals surface area contributed by atoms with Gasteiger partial charge in [-0.2, -0.15) is 0 Å². The monoisotopic (exact) mass is 389 g/mol. The zero-order valence-corrected chi connectivity index (χ0v) is 16.7. The van der Waals surface area contributed by atoms with Crippen molar-refractivity contribution in [2.24, 2.45) is 0 Å². The molecule has 0 saturated heterocycles. The van der Waals surface area contributed by atoms with Gasteiger partial charge < -0.3 is 14.8 Å². The molecular weight excluding hydrogens is 366 g/mol. The van der Waals surface area contributed by atoms with E-state index in [2.05, 4.69) is 19.2 Å². The summed E-state index contributed by atoms with van der Waals surface area (Å²) in [7, 11) is 0. The zero-order valence-electron chi connectivity index (χ0n) is 16.0. The van der Waals surface area contributed by atoms with Crippen molar-refractivity contribution in [2.45, 2.75) is 33.6 Å². The van der Waals surface area contributed by atoms with E-state index >= 15 is 0 Å². The highest BCUT2D eigenvalue weighted by Crippen LogP contribution is 2.27. The number of hydrogen-bond donors (Lipinski definition) is 1. The summed E-state index contributed by atoms with van der Waals surface area (Å²) in [6.45, 7) is 7.22. The average Bonchev–Trinajstić information content (AvgIpc) is 2.62. The number of benzene rings is 2. The molecule has 0 radical (unpaired) electrons. The fraction of sp³-hybridized carbons (Fsp3) is 0.333. The van der Waals surface area contributed by atoms with Crippen LogP contribution in [0, 0.1) is 13.8 Å². The van der Waals surface area contributed by atoms with Crippen molar-refractivity contribution in [3.63, 3.8) is 0 Å². The van der Waals surface area contributed by atoms with Gasteiger partial charge in [0.05, 0.1) is 5.02 Å². The summed E-state index contributed by atoms with van der Waals surface area (Å²) in [5.74, 6) is -0.375. The molecule has 0 heterocycles. The van der Waals surface area contributed by atoms with Gasteiger partial charge in [-0.3, -0.25) is 4.79 Å². The summed E-state index contributed by atoms with van der Waals surface area (Å²) in [6.07, 6.45) is 0. The van der Waals surface area contributed by atoms with E-state index in [9.17, 15) is 9.59 Å². The van der Waals surface area contributed by atoms with Crippen LogP contribution in [0.1, 0.15) is 36.5 Å². The first-order valence-electron chi connectivity index (χ1n) is 8.72. The lowest BCUT2D eigenvalue weighted by atomic mass is 9.98. The Hall–Kier alpha value is -2.53. The van der Waals surface area contributed by atoms with Gasteiger partial charge in [0.25, 0.3) is 5.91 Å². The summed E-state index contributed by atoms with van der Waals surface area (Å²) in [5.41, 5.74) is 3.71. The molecule has 144 valence electrons. The number of rotatable bonds is 7. The second kappa shape index (κ2) is 9.42. The lowest BCUT2D eigenvalue weighted by molar-refractivity contribution is -0.149. The smallest absolute Gasteiger partial charge is 0.344 e. The molecule has 0 fully saturated rings. The van der Waals surface area contributed by atoms with Crippen LogP contribution in [0.2, 0.25) is 5.02 Å². The van der Waals surface area contributed by atoms with Crippen molar-refractivity contribution in [3.05, 3.63) is 58.1 Å². The summed E-state index contributed by atoms with van der Waals surface area (Å²) in [5, 5.41) is 3.24. The number of carbonyl (C=O) groups is 2. The van der Waals surface area contributed by atoms with Gasteiger partial charge in [-0.25, -0.2) is 4.79 Å². The molecule has 6 heteroatoms. The molecule has 1 amide bonds. The van der Waals surface area contributed by atoms with Crippen LogP contribution in [0.15, 0.2) is 36.4 Å². The standard InChI is InChI=1S/C21H24ClNO4/c1-13(2)16-7-5-6-15(4)21(16)23-19(24)11-27-20(25)12-26-18-10-14(3)8-9-17(18)22/h5-10,13H,11-12H2,1-4H3,(H,23,24). The normalized spacial score (nSPS) is 10.6. The third-order valence-electron chi connectivity index (χ3n) is 3.99. The highest BCUT2D eigenvalue weighted by Gasteiger charge is 2.14. The molecule has 2 aromatic carbocycles. The Morgan fingerprint density at radius 1 is 1.11 bits per heavy atom. The van der Waals surface area contributed by atoms with Crippen LogP contribution < -0.4 is 10.1 Å². The zero-order chi connectivity index (χ0) is 20.0. The maximum Gasteiger partial charge on any atom is 0.344 e. The van der Waals surface area contributed by atoms with Gasteiger partial charge in [-0.1, -0.05) is 49.7 Å². The lowest BCUT2D eigenvalue weighted by Gasteiger charge is -2.16. The van der Waals surface area contributed by atoms with E-state index < -0.39 is 11.9 Å². The third kappa shape index (κ3) is 6.00. The highest BCUT2D eigenvalue weighted by molar-refractivity contribution is 6.32. The number of halogens is 1. The van der Waals surface area contributed by atoms with Crippen LogP contribution >= 0.6 is 11.6 Å². The maximum atomic E-state index is 12.2. The van der Waals surface area contributed by atoms with Crippen molar-refractivity contribution in [2.75, 3.05) is 18.5 Å². The van der Waals surface area contributed by atoms with Crippen LogP contribution in [0.4, 0.5) is 5.69 Å². The molecule has 0 unspecified atom stereocenters. The number of anilines is 1. The van der Waals surface area contributed by atoms with Crippen molar-refractivity contribution >= 4 is 29.2 Å². The van der Waals surface area contributed by atoms with Gasteiger partial charge in [0.2, 0.25) is 0 Å². The summed E-state index contributed by atoms with van der Waals surface area (Å²) < 4.78 is 10.4. The molecule has 0 atom stereocenters. The number of esters is 1. The number of ether oxygens (including phenoxy) is 2. The van der Waals surface area contributed by atoms with E-state index in [-0.39, 0.29) is 19.1 Å². The first kappa shape index (κ1) is 20.8. The maximum absolute atomic E-state index is 12.2. The molecule has 0 saturated carbocycles. The predicted octanol–water partition coefficient (Wildman–Crippen LogP) is 4.64. The summed E-state index contributed by atoms with van der Waals surface area (Å²) in [4.78, 5) is 24.0. The number of aryl methyl sites for hydroxylation is 2. The third-order valence-corrected chi connectivity index (χ3v) is 4.30. The first-order valence-corrected chi connectivity index (χ1v) is 9.09. The van der Waals surface area contributed by atoms with E-state index in [1.54, 1.807) is 12.1 Å². The Bertz CT molecular complexity index is 833. The van der Waals surface area contributed by atoms with Crippen molar-refractivity contribution in [1.82, 2.24) is 0 Å². The number of nitrogens with one attached hydrogen (secondary N) is 1. The fourth-order valence-corrected chi connectivity index (χ4v) is 2.74. The number of carbonyl (C=O) groups excluding carboxylic acids is 2. The van der Waals surface area contributed by atoms with Crippen LogP contribution in [-0.4, -0.2) is 25.1 Å². The Balaban J connectivity index is 1.87. The minimum Gasteiger partial charge on any atom is -0.480 e. The van der Waals surface area contributed by atoms with Gasteiger partial charge in [0, 0.05) is 5.69 Å². The topological polar surface area (TPSA) is 64.6 Å². The molecule has 0 aliphatic rings. The van der Waals surface area contributed by atoms with E-state index in [4.69, 9.17) is 21.1 Å². The van der Waals surface area contributed by atoms with Crippen LogP contribution in [0.3, 0.4) is 0 Å². The van der Waals surface area contributed by atoms with E-state index in [0.29, 0.717) is 10.8 Å². The predicted molar refractivity (Wildman–Crippen MR) is 107 cm³/mol. The second-order valence-electron chi connectivity index (χ2n) is 6.63. The van der Waals surface area contributed by atoms with Gasteiger partial charge in [-0.05, 0) is 48.6 Å². The molecule has 2 rings (SSSR count). The highest BCUT2D eigenvalue weighted by atomic mass is 35.5. The van der Waals surface area contributed by atoms with Crippen LogP contribution in [0.5, 0.6) is 5.75 Å². The van der Waals surface area contributed by atoms with Gasteiger partial charge in [0.1, 0.15) is 5.75 Å². The van der Waals surface area contributed by atoms with Crippen molar-refractivity contribution in [1.29, 1.82) is 0 Å². The number of hydrogen-bond acceptors (Lipinski definition) is 4. The molecule has 2 aromatic rings. The fourth-order valence-electron chi connectivity index (χ4n) is 2.56. The minimum absolute atomic E-state index is 0.259. The lowest BCUT2D eigenvalue weighted by Crippen LogP contribution is -2.24. The Labute approximate surface area is 164 Å². The largest absolute Gasteiger partial charge is 0.480 e.